The van der Waals surface area contributed by atoms with Gasteiger partial charge in [0, 0.05) is 6.42 Å². The van der Waals surface area contributed by atoms with E-state index in [0.29, 0.717) is 5.56 Å². The van der Waals surface area contributed by atoms with E-state index in [1.54, 1.807) is 6.92 Å². The fourth-order valence-electron chi connectivity index (χ4n) is 1.53. The van der Waals surface area contributed by atoms with Gasteiger partial charge in [0.05, 0.1) is 12.5 Å². The second-order valence-electron chi connectivity index (χ2n) is 3.78. The van der Waals surface area contributed by atoms with Gasteiger partial charge in [-0.1, -0.05) is 6.07 Å². The SMILES string of the molecule is CCOC(=O)c1cc(CC(=O)CCl)ccc1OC(F)F. The lowest BCUT2D eigenvalue weighted by atomic mass is 10.1. The number of rotatable bonds is 7. The van der Waals surface area contributed by atoms with Crippen LogP contribution in [-0.2, 0) is 16.0 Å². The highest BCUT2D eigenvalue weighted by Crippen LogP contribution is 2.23. The maximum Gasteiger partial charge on any atom is 0.387 e. The van der Waals surface area contributed by atoms with Gasteiger partial charge in [-0.05, 0) is 24.6 Å². The third-order valence-electron chi connectivity index (χ3n) is 2.31. The van der Waals surface area contributed by atoms with E-state index in [2.05, 4.69) is 4.74 Å². The zero-order valence-electron chi connectivity index (χ0n) is 10.7. The molecule has 0 saturated heterocycles. The number of benzene rings is 1. The highest BCUT2D eigenvalue weighted by molar-refractivity contribution is 6.27. The summed E-state index contributed by atoms with van der Waals surface area (Å²) in [6.07, 6.45) is 0.00482. The Morgan fingerprint density at radius 1 is 1.35 bits per heavy atom. The van der Waals surface area contributed by atoms with Crippen LogP contribution in [0.1, 0.15) is 22.8 Å². The van der Waals surface area contributed by atoms with Gasteiger partial charge < -0.3 is 9.47 Å². The van der Waals surface area contributed by atoms with Crippen LogP contribution >= 0.6 is 11.6 Å². The second-order valence-corrected chi connectivity index (χ2v) is 4.05. The molecule has 1 rings (SSSR count). The molecule has 0 fully saturated rings. The van der Waals surface area contributed by atoms with Crippen LogP contribution in [0.25, 0.3) is 0 Å². The fourth-order valence-corrected chi connectivity index (χ4v) is 1.62. The van der Waals surface area contributed by atoms with Gasteiger partial charge in [0.2, 0.25) is 0 Å². The first-order valence-electron chi connectivity index (χ1n) is 5.80. The molecule has 0 N–H and O–H groups in total. The molecule has 4 nitrogen and oxygen atoms in total. The molecule has 0 unspecified atom stereocenters. The van der Waals surface area contributed by atoms with Crippen LogP contribution in [0.4, 0.5) is 8.78 Å². The van der Waals surface area contributed by atoms with E-state index in [-0.39, 0.29) is 36.0 Å². The maximum absolute atomic E-state index is 12.3. The van der Waals surface area contributed by atoms with E-state index in [4.69, 9.17) is 16.3 Å². The summed E-state index contributed by atoms with van der Waals surface area (Å²) in [5, 5.41) is 0. The number of hydrogen-bond acceptors (Lipinski definition) is 4. The first-order chi connectivity index (χ1) is 9.47. The Kier molecular flexibility index (Phi) is 6.38. The molecule has 0 spiro atoms. The van der Waals surface area contributed by atoms with Gasteiger partial charge in [0.1, 0.15) is 11.3 Å². The average molecular weight is 307 g/mol. The van der Waals surface area contributed by atoms with Gasteiger partial charge >= 0.3 is 12.6 Å². The summed E-state index contributed by atoms with van der Waals surface area (Å²) in [6.45, 7) is -1.37. The zero-order valence-corrected chi connectivity index (χ0v) is 11.5. The Morgan fingerprint density at radius 3 is 2.60 bits per heavy atom. The third-order valence-corrected chi connectivity index (χ3v) is 2.60. The second kappa shape index (κ2) is 7.79. The van der Waals surface area contributed by atoms with E-state index >= 15 is 0 Å². The number of ether oxygens (including phenoxy) is 2. The minimum atomic E-state index is -3.06. The number of alkyl halides is 3. The van der Waals surface area contributed by atoms with E-state index in [1.165, 1.54) is 18.2 Å². The van der Waals surface area contributed by atoms with E-state index in [1.807, 2.05) is 0 Å². The van der Waals surface area contributed by atoms with Gasteiger partial charge in [-0.25, -0.2) is 4.79 Å². The Labute approximate surface area is 119 Å². The molecule has 1 aromatic rings. The van der Waals surface area contributed by atoms with Crippen molar-refractivity contribution in [2.45, 2.75) is 20.0 Å². The van der Waals surface area contributed by atoms with Crippen LogP contribution in [0.2, 0.25) is 0 Å². The number of esters is 1. The number of ketones is 1. The molecule has 0 aliphatic rings. The molecule has 0 heterocycles. The van der Waals surface area contributed by atoms with Crippen LogP contribution in [0, 0.1) is 0 Å². The molecule has 7 heteroatoms. The Balaban J connectivity index is 3.07. The summed E-state index contributed by atoms with van der Waals surface area (Å²) >= 11 is 5.39. The van der Waals surface area contributed by atoms with Gasteiger partial charge in [0.15, 0.2) is 5.78 Å². The van der Waals surface area contributed by atoms with E-state index < -0.39 is 12.6 Å². The van der Waals surface area contributed by atoms with Crippen molar-refractivity contribution in [3.8, 4) is 5.75 Å². The molecule has 0 aliphatic carbocycles. The predicted octanol–water partition coefficient (Wildman–Crippen LogP) is 2.82. The van der Waals surface area contributed by atoms with Gasteiger partial charge in [-0.2, -0.15) is 8.78 Å². The Morgan fingerprint density at radius 2 is 2.05 bits per heavy atom. The predicted molar refractivity (Wildman–Crippen MR) is 68.5 cm³/mol. The summed E-state index contributed by atoms with van der Waals surface area (Å²) in [7, 11) is 0. The molecule has 110 valence electrons. The normalized spacial score (nSPS) is 10.4. The smallest absolute Gasteiger partial charge is 0.387 e. The number of carbonyl (C=O) groups is 2. The van der Waals surface area contributed by atoms with Crippen LogP contribution in [0.15, 0.2) is 18.2 Å². The van der Waals surface area contributed by atoms with Crippen molar-refractivity contribution in [1.29, 1.82) is 0 Å². The van der Waals surface area contributed by atoms with Crippen molar-refractivity contribution in [1.82, 2.24) is 0 Å². The number of carbonyl (C=O) groups excluding carboxylic acids is 2. The lowest BCUT2D eigenvalue weighted by molar-refractivity contribution is -0.116. The number of halogens is 3. The number of Topliss-reactive ketones (excluding diaryl/α,β-unsaturated/α-hetero) is 1. The van der Waals surface area contributed by atoms with Crippen molar-refractivity contribution in [3.05, 3.63) is 29.3 Å². The van der Waals surface area contributed by atoms with Crippen LogP contribution in [0.3, 0.4) is 0 Å². The van der Waals surface area contributed by atoms with Gasteiger partial charge in [-0.3, -0.25) is 4.79 Å². The van der Waals surface area contributed by atoms with Crippen molar-refractivity contribution in [2.75, 3.05) is 12.5 Å². The maximum atomic E-state index is 12.3. The Hall–Kier alpha value is -1.69. The third kappa shape index (κ3) is 4.77. The first kappa shape index (κ1) is 16.4. The zero-order chi connectivity index (χ0) is 15.1. The van der Waals surface area contributed by atoms with Crippen LogP contribution in [0.5, 0.6) is 5.75 Å². The van der Waals surface area contributed by atoms with E-state index in [9.17, 15) is 18.4 Å². The highest BCUT2D eigenvalue weighted by atomic mass is 35.5. The molecule has 0 atom stereocenters. The quantitative estimate of drug-likeness (QED) is 0.574. The fraction of sp³-hybridized carbons (Fsp3) is 0.385. The molecule has 0 bridgehead atoms. The molecule has 0 saturated carbocycles. The molecule has 1 aromatic carbocycles. The minimum absolute atomic E-state index is 0.00482. The first-order valence-corrected chi connectivity index (χ1v) is 6.33. The molecular formula is C13H13ClF2O4. The monoisotopic (exact) mass is 306 g/mol. The Bertz CT molecular complexity index is 491. The summed E-state index contributed by atoms with van der Waals surface area (Å²) < 4.78 is 33.6. The molecule has 20 heavy (non-hydrogen) atoms. The topological polar surface area (TPSA) is 52.6 Å². The summed E-state index contributed by atoms with van der Waals surface area (Å²) in [5.74, 6) is -1.49. The summed E-state index contributed by atoms with van der Waals surface area (Å²) in [5.41, 5.74) is 0.326. The van der Waals surface area contributed by atoms with Crippen molar-refractivity contribution in [3.63, 3.8) is 0 Å². The molecular weight excluding hydrogens is 294 g/mol. The van der Waals surface area contributed by atoms with E-state index in [0.717, 1.165) is 0 Å². The molecule has 0 aliphatic heterocycles. The molecule has 0 radical (unpaired) electrons. The number of hydrogen-bond donors (Lipinski definition) is 0. The van der Waals surface area contributed by atoms with Crippen molar-refractivity contribution in [2.24, 2.45) is 0 Å². The van der Waals surface area contributed by atoms with Crippen LogP contribution in [-0.4, -0.2) is 30.9 Å². The van der Waals surface area contributed by atoms with Gasteiger partial charge in [-0.15, -0.1) is 11.6 Å². The average Bonchev–Trinajstić information content (AvgIpc) is 2.40. The van der Waals surface area contributed by atoms with Crippen molar-refractivity contribution >= 4 is 23.4 Å². The van der Waals surface area contributed by atoms with Gasteiger partial charge in [0.25, 0.3) is 0 Å². The standard InChI is InChI=1S/C13H13ClF2O4/c1-2-19-12(18)10-6-8(5-9(17)7-14)3-4-11(10)20-13(15)16/h3-4,6,13H,2,5,7H2,1H3. The molecule has 0 amide bonds. The summed E-state index contributed by atoms with van der Waals surface area (Å²) in [6, 6.07) is 3.92. The molecule has 0 aromatic heterocycles. The minimum Gasteiger partial charge on any atom is -0.462 e. The highest BCUT2D eigenvalue weighted by Gasteiger charge is 2.18. The van der Waals surface area contributed by atoms with Crippen molar-refractivity contribution < 1.29 is 27.8 Å². The lowest BCUT2D eigenvalue weighted by Gasteiger charge is -2.11. The largest absolute Gasteiger partial charge is 0.462 e. The summed E-state index contributed by atoms with van der Waals surface area (Å²) in [4.78, 5) is 22.9. The lowest BCUT2D eigenvalue weighted by Crippen LogP contribution is -2.12. The van der Waals surface area contributed by atoms with Crippen LogP contribution < -0.4 is 4.74 Å².